The van der Waals surface area contributed by atoms with Crippen LogP contribution in [0.3, 0.4) is 0 Å². The second-order valence-electron chi connectivity index (χ2n) is 5.91. The molecule has 1 nitrogen and oxygen atoms in total. The average Bonchev–Trinajstić information content (AvgIpc) is 2.86. The molecule has 0 saturated carbocycles. The topological polar surface area (TPSA) is 23.8 Å². The molecule has 0 fully saturated rings. The molecule has 0 N–H and O–H groups in total. The molecule has 0 saturated heterocycles. The SMILES string of the molecule is CC1(c2ccc(C#N)cc2)c2ccccc2-c2ccccc21. The van der Waals surface area contributed by atoms with Gasteiger partial charge in [-0.05, 0) is 46.9 Å². The highest BCUT2D eigenvalue weighted by atomic mass is 14.4. The van der Waals surface area contributed by atoms with Gasteiger partial charge in [-0.15, -0.1) is 0 Å². The van der Waals surface area contributed by atoms with Crippen molar-refractivity contribution in [3.05, 3.63) is 95.1 Å². The molecular weight excluding hydrogens is 266 g/mol. The Balaban J connectivity index is 2.02. The Hall–Kier alpha value is -2.85. The number of hydrogen-bond acceptors (Lipinski definition) is 1. The van der Waals surface area contributed by atoms with Gasteiger partial charge in [0, 0.05) is 5.41 Å². The predicted octanol–water partition coefficient (Wildman–Crippen LogP) is 4.89. The lowest BCUT2D eigenvalue weighted by Crippen LogP contribution is -2.22. The van der Waals surface area contributed by atoms with Crippen molar-refractivity contribution >= 4 is 0 Å². The fourth-order valence-corrected chi connectivity index (χ4v) is 3.64. The van der Waals surface area contributed by atoms with Crippen molar-refractivity contribution in [3.63, 3.8) is 0 Å². The van der Waals surface area contributed by atoms with Gasteiger partial charge in [0.25, 0.3) is 0 Å². The van der Waals surface area contributed by atoms with Crippen molar-refractivity contribution in [1.82, 2.24) is 0 Å². The van der Waals surface area contributed by atoms with Crippen LogP contribution in [0.15, 0.2) is 72.8 Å². The number of rotatable bonds is 1. The molecule has 0 radical (unpaired) electrons. The quantitative estimate of drug-likeness (QED) is 0.623. The van der Waals surface area contributed by atoms with Crippen LogP contribution in [0.5, 0.6) is 0 Å². The molecule has 0 heterocycles. The van der Waals surface area contributed by atoms with Crippen LogP contribution < -0.4 is 0 Å². The van der Waals surface area contributed by atoms with Crippen LogP contribution in [0.1, 0.15) is 29.2 Å². The van der Waals surface area contributed by atoms with Gasteiger partial charge in [-0.3, -0.25) is 0 Å². The van der Waals surface area contributed by atoms with Crippen molar-refractivity contribution in [2.75, 3.05) is 0 Å². The highest BCUT2D eigenvalue weighted by molar-refractivity contribution is 5.83. The van der Waals surface area contributed by atoms with Gasteiger partial charge in [0.1, 0.15) is 0 Å². The molecule has 22 heavy (non-hydrogen) atoms. The number of fused-ring (bicyclic) bond motifs is 3. The van der Waals surface area contributed by atoms with E-state index in [4.69, 9.17) is 5.26 Å². The summed E-state index contributed by atoms with van der Waals surface area (Å²) in [6.07, 6.45) is 0. The van der Waals surface area contributed by atoms with Crippen molar-refractivity contribution in [2.24, 2.45) is 0 Å². The average molecular weight is 281 g/mol. The van der Waals surface area contributed by atoms with Crippen LogP contribution in [0.25, 0.3) is 11.1 Å². The summed E-state index contributed by atoms with van der Waals surface area (Å²) in [5.74, 6) is 0. The maximum atomic E-state index is 9.02. The van der Waals surface area contributed by atoms with Gasteiger partial charge in [-0.25, -0.2) is 0 Å². The van der Waals surface area contributed by atoms with Crippen LogP contribution in [-0.2, 0) is 5.41 Å². The molecule has 0 aliphatic heterocycles. The zero-order valence-corrected chi connectivity index (χ0v) is 12.4. The summed E-state index contributed by atoms with van der Waals surface area (Å²) in [5.41, 5.74) is 7.05. The molecule has 104 valence electrons. The summed E-state index contributed by atoms with van der Waals surface area (Å²) in [4.78, 5) is 0. The van der Waals surface area contributed by atoms with Crippen LogP contribution >= 0.6 is 0 Å². The largest absolute Gasteiger partial charge is 0.192 e. The molecule has 4 rings (SSSR count). The minimum absolute atomic E-state index is 0.166. The lowest BCUT2D eigenvalue weighted by molar-refractivity contribution is 0.714. The lowest BCUT2D eigenvalue weighted by Gasteiger charge is -2.28. The van der Waals surface area contributed by atoms with Crippen LogP contribution in [0.4, 0.5) is 0 Å². The molecule has 3 aromatic rings. The highest BCUT2D eigenvalue weighted by Gasteiger charge is 2.40. The molecule has 0 aromatic heterocycles. The van der Waals surface area contributed by atoms with E-state index in [0.717, 1.165) is 0 Å². The Morgan fingerprint density at radius 3 is 1.73 bits per heavy atom. The van der Waals surface area contributed by atoms with E-state index < -0.39 is 0 Å². The lowest BCUT2D eigenvalue weighted by atomic mass is 9.74. The third-order valence-corrected chi connectivity index (χ3v) is 4.81. The second-order valence-corrected chi connectivity index (χ2v) is 5.91. The van der Waals surface area contributed by atoms with E-state index in [1.807, 2.05) is 12.1 Å². The first-order valence-electron chi connectivity index (χ1n) is 7.45. The zero-order valence-electron chi connectivity index (χ0n) is 12.4. The molecule has 0 unspecified atom stereocenters. The standard InChI is InChI=1S/C21H15N/c1-21(16-12-10-15(14-22)11-13-16)19-8-4-2-6-17(19)18-7-3-5-9-20(18)21/h2-13H,1H3. The number of nitriles is 1. The molecule has 1 aliphatic carbocycles. The smallest absolute Gasteiger partial charge is 0.0991 e. The third kappa shape index (κ3) is 1.58. The first kappa shape index (κ1) is 12.9. The van der Waals surface area contributed by atoms with Gasteiger partial charge >= 0.3 is 0 Å². The van der Waals surface area contributed by atoms with Crippen molar-refractivity contribution in [3.8, 4) is 17.2 Å². The summed E-state index contributed by atoms with van der Waals surface area (Å²) in [5, 5.41) is 9.02. The Morgan fingerprint density at radius 1 is 0.727 bits per heavy atom. The van der Waals surface area contributed by atoms with Crippen LogP contribution in [0, 0.1) is 11.3 Å². The monoisotopic (exact) mass is 281 g/mol. The maximum absolute atomic E-state index is 9.02. The van der Waals surface area contributed by atoms with E-state index in [1.165, 1.54) is 27.8 Å². The van der Waals surface area contributed by atoms with Gasteiger partial charge in [0.2, 0.25) is 0 Å². The Morgan fingerprint density at radius 2 is 1.23 bits per heavy atom. The fraction of sp³-hybridized carbons (Fsp3) is 0.0952. The minimum atomic E-state index is -0.166. The summed E-state index contributed by atoms with van der Waals surface area (Å²) in [6, 6.07) is 27.4. The van der Waals surface area contributed by atoms with E-state index in [0.29, 0.717) is 5.56 Å². The Labute approximate surface area is 130 Å². The minimum Gasteiger partial charge on any atom is -0.192 e. The molecule has 0 atom stereocenters. The Kier molecular flexibility index (Phi) is 2.68. The first-order chi connectivity index (χ1) is 10.7. The molecule has 1 heteroatoms. The number of benzene rings is 3. The van der Waals surface area contributed by atoms with Crippen molar-refractivity contribution in [1.29, 1.82) is 5.26 Å². The van der Waals surface area contributed by atoms with E-state index in [9.17, 15) is 0 Å². The summed E-state index contributed by atoms with van der Waals surface area (Å²) >= 11 is 0. The first-order valence-corrected chi connectivity index (χ1v) is 7.45. The normalized spacial score (nSPS) is 14.0. The summed E-state index contributed by atoms with van der Waals surface area (Å²) < 4.78 is 0. The Bertz CT molecular complexity index is 852. The molecule has 0 amide bonds. The van der Waals surface area contributed by atoms with Gasteiger partial charge < -0.3 is 0 Å². The number of hydrogen-bond donors (Lipinski definition) is 0. The van der Waals surface area contributed by atoms with E-state index in [2.05, 4.69) is 73.7 Å². The summed E-state index contributed by atoms with van der Waals surface area (Å²) in [6.45, 7) is 2.28. The summed E-state index contributed by atoms with van der Waals surface area (Å²) in [7, 11) is 0. The van der Waals surface area contributed by atoms with Gasteiger partial charge in [-0.1, -0.05) is 60.7 Å². The highest BCUT2D eigenvalue weighted by Crippen LogP contribution is 2.51. The maximum Gasteiger partial charge on any atom is 0.0991 e. The second kappa shape index (κ2) is 4.58. The van der Waals surface area contributed by atoms with E-state index >= 15 is 0 Å². The molecule has 0 bridgehead atoms. The van der Waals surface area contributed by atoms with Crippen molar-refractivity contribution in [2.45, 2.75) is 12.3 Å². The van der Waals surface area contributed by atoms with E-state index in [-0.39, 0.29) is 5.41 Å². The van der Waals surface area contributed by atoms with Gasteiger partial charge in [0.15, 0.2) is 0 Å². The molecule has 3 aromatic carbocycles. The molecule has 0 spiro atoms. The van der Waals surface area contributed by atoms with Crippen LogP contribution in [-0.4, -0.2) is 0 Å². The van der Waals surface area contributed by atoms with Crippen molar-refractivity contribution < 1.29 is 0 Å². The van der Waals surface area contributed by atoms with Gasteiger partial charge in [-0.2, -0.15) is 5.26 Å². The third-order valence-electron chi connectivity index (χ3n) is 4.81. The fourth-order valence-electron chi connectivity index (χ4n) is 3.64. The predicted molar refractivity (Wildman–Crippen MR) is 88.6 cm³/mol. The molecule has 1 aliphatic rings. The van der Waals surface area contributed by atoms with Gasteiger partial charge in [0.05, 0.1) is 11.6 Å². The van der Waals surface area contributed by atoms with Crippen LogP contribution in [0.2, 0.25) is 0 Å². The molecular formula is C21H15N. The number of nitrogens with zero attached hydrogens (tertiary/aromatic N) is 1. The zero-order chi connectivity index (χ0) is 15.2. The van der Waals surface area contributed by atoms with E-state index in [1.54, 1.807) is 0 Å².